The van der Waals surface area contributed by atoms with Gasteiger partial charge in [-0.1, -0.05) is 18.2 Å². The van der Waals surface area contributed by atoms with Crippen LogP contribution >= 0.6 is 11.3 Å². The number of rotatable bonds is 10. The Balaban J connectivity index is 1.58. The van der Waals surface area contributed by atoms with E-state index < -0.39 is 11.7 Å². The summed E-state index contributed by atoms with van der Waals surface area (Å²) in [6, 6.07) is 13.4. The van der Waals surface area contributed by atoms with Crippen LogP contribution in [0.5, 0.6) is 11.5 Å². The van der Waals surface area contributed by atoms with Crippen LogP contribution in [0.2, 0.25) is 0 Å². The summed E-state index contributed by atoms with van der Waals surface area (Å²) in [7, 11) is 0. The lowest BCUT2D eigenvalue weighted by atomic mass is 10.1. The van der Waals surface area contributed by atoms with E-state index in [9.17, 15) is 13.2 Å². The van der Waals surface area contributed by atoms with Gasteiger partial charge in [0.25, 0.3) is 0 Å². The van der Waals surface area contributed by atoms with Crippen LogP contribution in [0.1, 0.15) is 23.4 Å². The molecule has 0 atom stereocenters. The van der Waals surface area contributed by atoms with Crippen molar-refractivity contribution in [2.75, 3.05) is 19.8 Å². The molecule has 0 fully saturated rings. The first kappa shape index (κ1) is 22.1. The summed E-state index contributed by atoms with van der Waals surface area (Å²) >= 11 is 1.27. The molecule has 4 nitrogen and oxygen atoms in total. The SMILES string of the molecule is OCCc1ncc(-c2ccc(OCCCCOc3ccccc3)c(C(F)(F)F)c2)s1. The topological polar surface area (TPSA) is 51.6 Å². The zero-order chi connectivity index (χ0) is 21.4. The minimum absolute atomic E-state index is 0.0517. The molecule has 160 valence electrons. The average Bonchev–Trinajstić information content (AvgIpc) is 3.19. The van der Waals surface area contributed by atoms with Crippen molar-refractivity contribution in [1.82, 2.24) is 4.98 Å². The van der Waals surface area contributed by atoms with Gasteiger partial charge in [-0.25, -0.2) is 4.98 Å². The first-order valence-corrected chi connectivity index (χ1v) is 10.4. The number of hydrogen-bond acceptors (Lipinski definition) is 5. The third-order valence-electron chi connectivity index (χ3n) is 4.26. The van der Waals surface area contributed by atoms with E-state index in [1.54, 1.807) is 6.07 Å². The number of alkyl halides is 3. The number of aromatic nitrogens is 1. The maximum absolute atomic E-state index is 13.5. The predicted molar refractivity (Wildman–Crippen MR) is 110 cm³/mol. The fourth-order valence-electron chi connectivity index (χ4n) is 2.78. The molecule has 0 saturated carbocycles. The molecule has 1 heterocycles. The normalized spacial score (nSPS) is 11.5. The van der Waals surface area contributed by atoms with Crippen molar-refractivity contribution >= 4 is 11.3 Å². The number of halogens is 3. The molecule has 2 aromatic carbocycles. The second-order valence-electron chi connectivity index (χ2n) is 6.52. The Morgan fingerprint density at radius 1 is 0.967 bits per heavy atom. The van der Waals surface area contributed by atoms with Crippen LogP contribution in [0.3, 0.4) is 0 Å². The Labute approximate surface area is 176 Å². The van der Waals surface area contributed by atoms with Crippen molar-refractivity contribution in [3.05, 3.63) is 65.3 Å². The number of para-hydroxylation sites is 1. The number of aliphatic hydroxyl groups excluding tert-OH is 1. The average molecular weight is 437 g/mol. The van der Waals surface area contributed by atoms with E-state index in [2.05, 4.69) is 4.98 Å². The zero-order valence-corrected chi connectivity index (χ0v) is 17.0. The lowest BCUT2D eigenvalue weighted by molar-refractivity contribution is -0.138. The molecule has 0 saturated heterocycles. The molecule has 8 heteroatoms. The van der Waals surface area contributed by atoms with Crippen LogP contribution in [-0.2, 0) is 12.6 Å². The van der Waals surface area contributed by atoms with E-state index in [1.807, 2.05) is 30.3 Å². The van der Waals surface area contributed by atoms with Gasteiger partial charge < -0.3 is 14.6 Å². The van der Waals surface area contributed by atoms with E-state index in [1.165, 1.54) is 23.6 Å². The number of benzene rings is 2. The smallest absolute Gasteiger partial charge is 0.419 e. The summed E-state index contributed by atoms with van der Waals surface area (Å²) in [5, 5.41) is 9.65. The fourth-order valence-corrected chi connectivity index (χ4v) is 3.68. The van der Waals surface area contributed by atoms with E-state index in [0.717, 1.165) is 11.8 Å². The molecule has 0 aliphatic rings. The highest BCUT2D eigenvalue weighted by Crippen LogP contribution is 2.39. The first-order chi connectivity index (χ1) is 14.5. The van der Waals surface area contributed by atoms with E-state index in [0.29, 0.717) is 41.3 Å². The molecule has 1 N–H and O–H groups in total. The van der Waals surface area contributed by atoms with Gasteiger partial charge in [0, 0.05) is 19.2 Å². The Morgan fingerprint density at radius 2 is 1.70 bits per heavy atom. The molecule has 30 heavy (non-hydrogen) atoms. The minimum Gasteiger partial charge on any atom is -0.494 e. The summed E-state index contributed by atoms with van der Waals surface area (Å²) in [5.41, 5.74) is -0.384. The Kier molecular flexibility index (Phi) is 7.70. The fraction of sp³-hybridized carbons (Fsp3) is 0.318. The Hall–Kier alpha value is -2.58. The summed E-state index contributed by atoms with van der Waals surface area (Å²) < 4.78 is 51.6. The third kappa shape index (κ3) is 6.21. The maximum atomic E-state index is 13.5. The van der Waals surface area contributed by atoms with Gasteiger partial charge in [-0.3, -0.25) is 0 Å². The Bertz CT molecular complexity index is 929. The van der Waals surface area contributed by atoms with Crippen LogP contribution in [0.25, 0.3) is 10.4 Å². The molecule has 0 spiro atoms. The second kappa shape index (κ2) is 10.4. The third-order valence-corrected chi connectivity index (χ3v) is 5.36. The van der Waals surface area contributed by atoms with E-state index >= 15 is 0 Å². The van der Waals surface area contributed by atoms with Gasteiger partial charge in [0.15, 0.2) is 0 Å². The number of hydrogen-bond donors (Lipinski definition) is 1. The summed E-state index contributed by atoms with van der Waals surface area (Å²) in [6.45, 7) is 0.589. The molecule has 0 bridgehead atoms. The van der Waals surface area contributed by atoms with Gasteiger partial charge >= 0.3 is 6.18 Å². The standard InChI is InChI=1S/C22H22F3NO3S/c23-22(24,25)18-14-16(20-15-26-21(30-20)10-11-27)8-9-19(18)29-13-5-4-12-28-17-6-2-1-3-7-17/h1-3,6-9,14-15,27H,4-5,10-13H2. The highest BCUT2D eigenvalue weighted by molar-refractivity contribution is 7.15. The van der Waals surface area contributed by atoms with Crippen LogP contribution in [0.15, 0.2) is 54.7 Å². The van der Waals surface area contributed by atoms with Crippen LogP contribution < -0.4 is 9.47 Å². The lowest BCUT2D eigenvalue weighted by Crippen LogP contribution is -2.10. The van der Waals surface area contributed by atoms with Crippen molar-refractivity contribution < 1.29 is 27.8 Å². The summed E-state index contributed by atoms with van der Waals surface area (Å²) in [6.07, 6.45) is -1.38. The maximum Gasteiger partial charge on any atom is 0.419 e. The van der Waals surface area contributed by atoms with Crippen LogP contribution in [0.4, 0.5) is 13.2 Å². The van der Waals surface area contributed by atoms with E-state index in [4.69, 9.17) is 14.6 Å². The van der Waals surface area contributed by atoms with Crippen LogP contribution in [0, 0.1) is 0 Å². The number of nitrogens with zero attached hydrogens (tertiary/aromatic N) is 1. The van der Waals surface area contributed by atoms with Gasteiger partial charge in [-0.2, -0.15) is 13.2 Å². The lowest BCUT2D eigenvalue weighted by Gasteiger charge is -2.15. The highest BCUT2D eigenvalue weighted by Gasteiger charge is 2.35. The Morgan fingerprint density at radius 3 is 2.40 bits per heavy atom. The quantitative estimate of drug-likeness (QED) is 0.420. The molecular formula is C22H22F3NO3S. The van der Waals surface area contributed by atoms with Crippen molar-refractivity contribution in [3.63, 3.8) is 0 Å². The van der Waals surface area contributed by atoms with E-state index in [-0.39, 0.29) is 19.0 Å². The summed E-state index contributed by atoms with van der Waals surface area (Å²) in [5.74, 6) is 0.578. The van der Waals surface area contributed by atoms with Gasteiger partial charge in [-0.15, -0.1) is 11.3 Å². The van der Waals surface area contributed by atoms with Gasteiger partial charge in [-0.05, 0) is 48.7 Å². The molecule has 0 unspecified atom stereocenters. The second-order valence-corrected chi connectivity index (χ2v) is 7.63. The minimum atomic E-state index is -4.53. The van der Waals surface area contributed by atoms with Crippen molar-refractivity contribution in [3.8, 4) is 21.9 Å². The molecule has 0 amide bonds. The largest absolute Gasteiger partial charge is 0.494 e. The van der Waals surface area contributed by atoms with Crippen molar-refractivity contribution in [1.29, 1.82) is 0 Å². The van der Waals surface area contributed by atoms with Gasteiger partial charge in [0.1, 0.15) is 11.5 Å². The summed E-state index contributed by atoms with van der Waals surface area (Å²) in [4.78, 5) is 4.75. The molecular weight excluding hydrogens is 415 g/mol. The predicted octanol–water partition coefficient (Wildman–Crippen LogP) is 5.60. The van der Waals surface area contributed by atoms with Gasteiger partial charge in [0.05, 0.1) is 28.7 Å². The zero-order valence-electron chi connectivity index (χ0n) is 16.2. The molecule has 0 radical (unpaired) electrons. The van der Waals surface area contributed by atoms with Gasteiger partial charge in [0.2, 0.25) is 0 Å². The molecule has 3 rings (SSSR count). The van der Waals surface area contributed by atoms with Crippen molar-refractivity contribution in [2.24, 2.45) is 0 Å². The van der Waals surface area contributed by atoms with Crippen molar-refractivity contribution in [2.45, 2.75) is 25.4 Å². The van der Waals surface area contributed by atoms with Crippen LogP contribution in [-0.4, -0.2) is 29.9 Å². The number of aliphatic hydroxyl groups is 1. The first-order valence-electron chi connectivity index (χ1n) is 9.55. The molecule has 0 aliphatic heterocycles. The number of unbranched alkanes of at least 4 members (excludes halogenated alkanes) is 1. The monoisotopic (exact) mass is 437 g/mol. The highest BCUT2D eigenvalue weighted by atomic mass is 32.1. The molecule has 0 aliphatic carbocycles. The number of ether oxygens (including phenoxy) is 2. The molecule has 3 aromatic rings. The molecule has 1 aromatic heterocycles. The number of thiazole rings is 1.